The van der Waals surface area contributed by atoms with Gasteiger partial charge in [-0.15, -0.1) is 0 Å². The zero-order valence-corrected chi connectivity index (χ0v) is 12.1. The van der Waals surface area contributed by atoms with Crippen LogP contribution in [0, 0.1) is 11.8 Å². The number of phenols is 1. The molecule has 1 saturated carbocycles. The molecule has 2 fully saturated rings. The number of hydrogen-bond acceptors (Lipinski definition) is 2. The SMILES string of the molecule is CC(C)[C@@]1(c2cccc(O)c2)CCN(CC2CC2)C1. The molecule has 1 aliphatic heterocycles. The van der Waals surface area contributed by atoms with Crippen LogP contribution in [0.2, 0.25) is 0 Å². The average molecular weight is 259 g/mol. The summed E-state index contributed by atoms with van der Waals surface area (Å²) in [7, 11) is 0. The summed E-state index contributed by atoms with van der Waals surface area (Å²) >= 11 is 0. The molecule has 1 aliphatic carbocycles. The summed E-state index contributed by atoms with van der Waals surface area (Å²) in [4.78, 5) is 2.64. The number of rotatable bonds is 4. The first kappa shape index (κ1) is 13.0. The number of likely N-dealkylation sites (tertiary alicyclic amines) is 1. The summed E-state index contributed by atoms with van der Waals surface area (Å²) in [5.41, 5.74) is 1.55. The molecule has 2 heteroatoms. The molecule has 3 rings (SSSR count). The summed E-state index contributed by atoms with van der Waals surface area (Å²) in [5.74, 6) is 1.98. The fourth-order valence-corrected chi connectivity index (χ4v) is 3.59. The summed E-state index contributed by atoms with van der Waals surface area (Å²) < 4.78 is 0. The fraction of sp³-hybridized carbons (Fsp3) is 0.647. The molecule has 104 valence electrons. The Kier molecular flexibility index (Phi) is 3.30. The van der Waals surface area contributed by atoms with E-state index in [-0.39, 0.29) is 5.41 Å². The van der Waals surface area contributed by atoms with E-state index in [1.54, 1.807) is 6.07 Å². The van der Waals surface area contributed by atoms with E-state index >= 15 is 0 Å². The zero-order chi connectivity index (χ0) is 13.5. The lowest BCUT2D eigenvalue weighted by molar-refractivity contribution is 0.262. The highest BCUT2D eigenvalue weighted by Crippen LogP contribution is 2.43. The Morgan fingerprint density at radius 3 is 2.79 bits per heavy atom. The van der Waals surface area contributed by atoms with E-state index in [0.717, 1.165) is 12.5 Å². The Labute approximate surface area is 116 Å². The molecule has 2 nitrogen and oxygen atoms in total. The summed E-state index contributed by atoms with van der Waals surface area (Å²) in [6, 6.07) is 7.92. The van der Waals surface area contributed by atoms with Gasteiger partial charge in [-0.05, 0) is 55.3 Å². The van der Waals surface area contributed by atoms with E-state index in [1.807, 2.05) is 12.1 Å². The number of aromatic hydroxyl groups is 1. The van der Waals surface area contributed by atoms with Gasteiger partial charge in [0.15, 0.2) is 0 Å². The first-order valence-electron chi connectivity index (χ1n) is 7.62. The number of nitrogens with zero attached hydrogens (tertiary/aromatic N) is 1. The van der Waals surface area contributed by atoms with Crippen molar-refractivity contribution in [3.8, 4) is 5.75 Å². The van der Waals surface area contributed by atoms with Crippen molar-refractivity contribution < 1.29 is 5.11 Å². The lowest BCUT2D eigenvalue weighted by Crippen LogP contribution is -2.36. The lowest BCUT2D eigenvalue weighted by atomic mass is 9.71. The third-order valence-electron chi connectivity index (χ3n) is 5.12. The van der Waals surface area contributed by atoms with Crippen LogP contribution in [0.1, 0.15) is 38.7 Å². The van der Waals surface area contributed by atoms with Crippen molar-refractivity contribution in [1.29, 1.82) is 0 Å². The molecule has 1 atom stereocenters. The molecule has 19 heavy (non-hydrogen) atoms. The van der Waals surface area contributed by atoms with Gasteiger partial charge in [-0.25, -0.2) is 0 Å². The van der Waals surface area contributed by atoms with Crippen LogP contribution in [-0.4, -0.2) is 29.6 Å². The van der Waals surface area contributed by atoms with E-state index < -0.39 is 0 Å². The maximum Gasteiger partial charge on any atom is 0.115 e. The largest absolute Gasteiger partial charge is 0.508 e. The second-order valence-electron chi connectivity index (χ2n) is 6.79. The first-order chi connectivity index (χ1) is 9.10. The normalized spacial score (nSPS) is 28.2. The van der Waals surface area contributed by atoms with Gasteiger partial charge in [0.25, 0.3) is 0 Å². The smallest absolute Gasteiger partial charge is 0.115 e. The highest BCUT2D eigenvalue weighted by Gasteiger charge is 2.43. The Bertz CT molecular complexity index is 452. The van der Waals surface area contributed by atoms with Gasteiger partial charge >= 0.3 is 0 Å². The Balaban J connectivity index is 1.83. The van der Waals surface area contributed by atoms with Crippen LogP contribution < -0.4 is 0 Å². The third-order valence-corrected chi connectivity index (χ3v) is 5.12. The van der Waals surface area contributed by atoms with Gasteiger partial charge in [-0.2, -0.15) is 0 Å². The Morgan fingerprint density at radius 1 is 1.37 bits per heavy atom. The third kappa shape index (κ3) is 2.51. The number of hydrogen-bond donors (Lipinski definition) is 1. The van der Waals surface area contributed by atoms with Crippen molar-refractivity contribution in [2.24, 2.45) is 11.8 Å². The van der Waals surface area contributed by atoms with Gasteiger partial charge < -0.3 is 10.0 Å². The van der Waals surface area contributed by atoms with Crippen LogP contribution in [0.3, 0.4) is 0 Å². The van der Waals surface area contributed by atoms with Gasteiger partial charge in [0.2, 0.25) is 0 Å². The maximum absolute atomic E-state index is 9.78. The van der Waals surface area contributed by atoms with Crippen molar-refractivity contribution in [3.05, 3.63) is 29.8 Å². The molecular weight excluding hydrogens is 234 g/mol. The van der Waals surface area contributed by atoms with E-state index in [2.05, 4.69) is 24.8 Å². The number of benzene rings is 1. The summed E-state index contributed by atoms with van der Waals surface area (Å²) in [5, 5.41) is 9.78. The van der Waals surface area contributed by atoms with E-state index in [9.17, 15) is 5.11 Å². The molecule has 1 aromatic carbocycles. The Hall–Kier alpha value is -1.02. The monoisotopic (exact) mass is 259 g/mol. The molecule has 0 spiro atoms. The predicted molar refractivity (Wildman–Crippen MR) is 78.4 cm³/mol. The van der Waals surface area contributed by atoms with Crippen molar-refractivity contribution in [3.63, 3.8) is 0 Å². The average Bonchev–Trinajstić information content (AvgIpc) is 3.06. The minimum absolute atomic E-state index is 0.230. The quantitative estimate of drug-likeness (QED) is 0.896. The van der Waals surface area contributed by atoms with Crippen molar-refractivity contribution in [2.75, 3.05) is 19.6 Å². The van der Waals surface area contributed by atoms with Crippen LogP contribution in [-0.2, 0) is 5.41 Å². The molecule has 0 unspecified atom stereocenters. The van der Waals surface area contributed by atoms with Crippen molar-refractivity contribution in [1.82, 2.24) is 4.90 Å². The second-order valence-corrected chi connectivity index (χ2v) is 6.79. The van der Waals surface area contributed by atoms with Crippen LogP contribution in [0.15, 0.2) is 24.3 Å². The van der Waals surface area contributed by atoms with Crippen molar-refractivity contribution in [2.45, 2.75) is 38.5 Å². The van der Waals surface area contributed by atoms with Crippen LogP contribution in [0.25, 0.3) is 0 Å². The van der Waals surface area contributed by atoms with Gasteiger partial charge in [0.05, 0.1) is 0 Å². The zero-order valence-electron chi connectivity index (χ0n) is 12.1. The molecule has 1 saturated heterocycles. The van der Waals surface area contributed by atoms with Gasteiger partial charge in [0.1, 0.15) is 5.75 Å². The molecule has 1 aromatic rings. The minimum Gasteiger partial charge on any atom is -0.508 e. The van der Waals surface area contributed by atoms with E-state index in [4.69, 9.17) is 0 Å². The van der Waals surface area contributed by atoms with Crippen LogP contribution in [0.5, 0.6) is 5.75 Å². The van der Waals surface area contributed by atoms with E-state index in [1.165, 1.54) is 37.9 Å². The standard InChI is InChI=1S/C17H25NO/c1-13(2)17(15-4-3-5-16(19)10-15)8-9-18(12-17)11-14-6-7-14/h3-5,10,13-14,19H,6-9,11-12H2,1-2H3/t17-/m1/s1. The van der Waals surface area contributed by atoms with Gasteiger partial charge in [0, 0.05) is 18.5 Å². The minimum atomic E-state index is 0.230. The summed E-state index contributed by atoms with van der Waals surface area (Å²) in [6.07, 6.45) is 4.08. The first-order valence-corrected chi connectivity index (χ1v) is 7.62. The molecule has 0 amide bonds. The maximum atomic E-state index is 9.78. The summed E-state index contributed by atoms with van der Waals surface area (Å²) in [6.45, 7) is 8.30. The molecule has 0 radical (unpaired) electrons. The molecule has 1 N–H and O–H groups in total. The highest BCUT2D eigenvalue weighted by atomic mass is 16.3. The lowest BCUT2D eigenvalue weighted by Gasteiger charge is -2.34. The molecule has 2 aliphatic rings. The fourth-order valence-electron chi connectivity index (χ4n) is 3.59. The molecule has 1 heterocycles. The van der Waals surface area contributed by atoms with Crippen molar-refractivity contribution >= 4 is 0 Å². The second kappa shape index (κ2) is 4.82. The molecule has 0 aromatic heterocycles. The highest BCUT2D eigenvalue weighted by molar-refractivity contribution is 5.35. The predicted octanol–water partition coefficient (Wildman–Crippen LogP) is 3.40. The van der Waals surface area contributed by atoms with Gasteiger partial charge in [-0.1, -0.05) is 26.0 Å². The number of phenolic OH excluding ortho intramolecular Hbond substituents is 1. The van der Waals surface area contributed by atoms with Crippen LogP contribution >= 0.6 is 0 Å². The topological polar surface area (TPSA) is 23.5 Å². The molecular formula is C17H25NO. The molecule has 0 bridgehead atoms. The Morgan fingerprint density at radius 2 is 2.16 bits per heavy atom. The van der Waals surface area contributed by atoms with Gasteiger partial charge in [-0.3, -0.25) is 0 Å². The van der Waals surface area contributed by atoms with Crippen LogP contribution in [0.4, 0.5) is 0 Å². The van der Waals surface area contributed by atoms with E-state index in [0.29, 0.717) is 11.7 Å².